The van der Waals surface area contributed by atoms with E-state index in [1.807, 2.05) is 0 Å². The molecule has 0 spiro atoms. The average Bonchev–Trinajstić information content (AvgIpc) is 2.58. The second kappa shape index (κ2) is 7.81. The molecule has 0 atom stereocenters. The topological polar surface area (TPSA) is 0 Å². The Morgan fingerprint density at radius 1 is 0.769 bits per heavy atom. The minimum absolute atomic E-state index is 0.0909. The van der Waals surface area contributed by atoms with Crippen molar-refractivity contribution in [2.45, 2.75) is 52.4 Å². The quantitative estimate of drug-likeness (QED) is 0.542. The zero-order valence-corrected chi connectivity index (χ0v) is 15.2. The minimum Gasteiger partial charge on any atom is -0.207 e. The molecule has 0 aromatic heterocycles. The Labute approximate surface area is 152 Å². The molecule has 4 heteroatoms. The van der Waals surface area contributed by atoms with E-state index < -0.39 is 23.3 Å². The van der Waals surface area contributed by atoms with Crippen LogP contribution in [-0.4, -0.2) is 0 Å². The number of rotatable bonds is 4. The van der Waals surface area contributed by atoms with Gasteiger partial charge in [-0.3, -0.25) is 0 Å². The molecule has 1 fully saturated rings. The summed E-state index contributed by atoms with van der Waals surface area (Å²) in [4.78, 5) is 0. The predicted octanol–water partition coefficient (Wildman–Crippen LogP) is 6.51. The van der Waals surface area contributed by atoms with Crippen molar-refractivity contribution in [2.24, 2.45) is 11.8 Å². The van der Waals surface area contributed by atoms with E-state index in [-0.39, 0.29) is 23.1 Å². The normalized spacial score (nSPS) is 20.4. The van der Waals surface area contributed by atoms with E-state index in [1.54, 1.807) is 0 Å². The lowest BCUT2D eigenvalue weighted by atomic mass is 9.80. The fourth-order valence-electron chi connectivity index (χ4n) is 3.81. The first-order valence-corrected chi connectivity index (χ1v) is 9.24. The Bertz CT molecular complexity index is 743. The molecule has 0 nitrogen and oxygen atoms in total. The molecule has 0 N–H and O–H groups in total. The molecule has 0 aliphatic heterocycles. The van der Waals surface area contributed by atoms with Crippen LogP contribution in [0.5, 0.6) is 0 Å². The monoisotopic (exact) mass is 364 g/mol. The standard InChI is InChI=1S/C22H24F4/c1-13-3-5-15(6-4-13)7-16-11-21(25)18(22(26)12-16)8-17-9-19(23)14(2)20(24)10-17/h9-13,15H,3-8H2,1-2H3. The highest BCUT2D eigenvalue weighted by atomic mass is 19.1. The van der Waals surface area contributed by atoms with Crippen LogP contribution in [0, 0.1) is 42.0 Å². The first-order valence-electron chi connectivity index (χ1n) is 9.24. The Hall–Kier alpha value is -1.84. The molecule has 140 valence electrons. The highest BCUT2D eigenvalue weighted by Crippen LogP contribution is 2.31. The molecule has 1 aliphatic carbocycles. The molecule has 1 saturated carbocycles. The van der Waals surface area contributed by atoms with Crippen LogP contribution in [-0.2, 0) is 12.8 Å². The first-order chi connectivity index (χ1) is 12.3. The van der Waals surface area contributed by atoms with Gasteiger partial charge < -0.3 is 0 Å². The van der Waals surface area contributed by atoms with Gasteiger partial charge in [0.1, 0.15) is 23.3 Å². The predicted molar refractivity (Wildman–Crippen MR) is 95.1 cm³/mol. The molecule has 0 heterocycles. The Kier molecular flexibility index (Phi) is 5.69. The number of halogens is 4. The zero-order valence-electron chi connectivity index (χ0n) is 15.2. The van der Waals surface area contributed by atoms with Crippen LogP contribution in [0.25, 0.3) is 0 Å². The van der Waals surface area contributed by atoms with Crippen molar-refractivity contribution in [2.75, 3.05) is 0 Å². The molecule has 2 aromatic carbocycles. The van der Waals surface area contributed by atoms with Crippen LogP contribution in [0.15, 0.2) is 24.3 Å². The van der Waals surface area contributed by atoms with Gasteiger partial charge in [-0.25, -0.2) is 17.6 Å². The van der Waals surface area contributed by atoms with Crippen molar-refractivity contribution in [1.29, 1.82) is 0 Å². The third kappa shape index (κ3) is 4.28. The summed E-state index contributed by atoms with van der Waals surface area (Å²) in [5.41, 5.74) is 0.641. The Morgan fingerprint density at radius 2 is 1.27 bits per heavy atom. The van der Waals surface area contributed by atoms with Crippen LogP contribution in [0.1, 0.15) is 54.9 Å². The molecular weight excluding hydrogens is 340 g/mol. The summed E-state index contributed by atoms with van der Waals surface area (Å²) in [5, 5.41) is 0. The lowest BCUT2D eigenvalue weighted by Gasteiger charge is -2.26. The molecule has 3 rings (SSSR count). The van der Waals surface area contributed by atoms with Crippen LogP contribution < -0.4 is 0 Å². The van der Waals surface area contributed by atoms with Crippen LogP contribution in [0.3, 0.4) is 0 Å². The molecule has 0 amide bonds. The van der Waals surface area contributed by atoms with Gasteiger partial charge in [-0.15, -0.1) is 0 Å². The van der Waals surface area contributed by atoms with Gasteiger partial charge in [0.2, 0.25) is 0 Å². The van der Waals surface area contributed by atoms with E-state index in [4.69, 9.17) is 0 Å². The minimum atomic E-state index is -0.705. The lowest BCUT2D eigenvalue weighted by molar-refractivity contribution is 0.288. The summed E-state index contributed by atoms with van der Waals surface area (Å²) in [6.07, 6.45) is 5.01. The fourth-order valence-corrected chi connectivity index (χ4v) is 3.81. The van der Waals surface area contributed by atoms with Gasteiger partial charge in [0, 0.05) is 17.5 Å². The highest BCUT2D eigenvalue weighted by Gasteiger charge is 2.20. The summed E-state index contributed by atoms with van der Waals surface area (Å²) < 4.78 is 56.3. The van der Waals surface area contributed by atoms with Gasteiger partial charge in [0.15, 0.2) is 0 Å². The van der Waals surface area contributed by atoms with E-state index in [1.165, 1.54) is 19.1 Å². The van der Waals surface area contributed by atoms with Gasteiger partial charge in [0.25, 0.3) is 0 Å². The molecule has 0 radical (unpaired) electrons. The average molecular weight is 364 g/mol. The lowest BCUT2D eigenvalue weighted by Crippen LogP contribution is -2.14. The van der Waals surface area contributed by atoms with Gasteiger partial charge >= 0.3 is 0 Å². The van der Waals surface area contributed by atoms with Gasteiger partial charge in [0.05, 0.1) is 0 Å². The summed E-state index contributed by atoms with van der Waals surface area (Å²) in [7, 11) is 0. The van der Waals surface area contributed by atoms with Gasteiger partial charge in [-0.05, 0) is 73.4 Å². The summed E-state index contributed by atoms with van der Waals surface area (Å²) in [5.74, 6) is -1.50. The van der Waals surface area contributed by atoms with Crippen molar-refractivity contribution in [3.63, 3.8) is 0 Å². The zero-order chi connectivity index (χ0) is 18.8. The van der Waals surface area contributed by atoms with Crippen molar-refractivity contribution < 1.29 is 17.6 Å². The molecule has 0 bridgehead atoms. The molecule has 0 unspecified atom stereocenters. The maximum Gasteiger partial charge on any atom is 0.129 e. The van der Waals surface area contributed by atoms with Crippen LogP contribution in [0.4, 0.5) is 17.6 Å². The summed E-state index contributed by atoms with van der Waals surface area (Å²) >= 11 is 0. The first kappa shape index (κ1) is 18.9. The van der Waals surface area contributed by atoms with Crippen molar-refractivity contribution >= 4 is 0 Å². The number of hydrogen-bond acceptors (Lipinski definition) is 0. The van der Waals surface area contributed by atoms with Gasteiger partial charge in [-0.1, -0.05) is 19.8 Å². The fraction of sp³-hybridized carbons (Fsp3) is 0.455. The van der Waals surface area contributed by atoms with Crippen molar-refractivity contribution in [3.8, 4) is 0 Å². The Morgan fingerprint density at radius 3 is 1.81 bits per heavy atom. The number of hydrogen-bond donors (Lipinski definition) is 0. The smallest absolute Gasteiger partial charge is 0.129 e. The van der Waals surface area contributed by atoms with E-state index in [9.17, 15) is 17.6 Å². The molecular formula is C22H24F4. The van der Waals surface area contributed by atoms with Crippen LogP contribution >= 0.6 is 0 Å². The van der Waals surface area contributed by atoms with Gasteiger partial charge in [-0.2, -0.15) is 0 Å². The second-order valence-electron chi connectivity index (χ2n) is 7.73. The summed E-state index contributed by atoms with van der Waals surface area (Å²) in [6, 6.07) is 5.01. The maximum atomic E-state index is 14.5. The third-order valence-electron chi connectivity index (χ3n) is 5.58. The van der Waals surface area contributed by atoms with E-state index >= 15 is 0 Å². The largest absolute Gasteiger partial charge is 0.207 e. The second-order valence-corrected chi connectivity index (χ2v) is 7.73. The van der Waals surface area contributed by atoms with Crippen LogP contribution in [0.2, 0.25) is 0 Å². The van der Waals surface area contributed by atoms with E-state index in [0.717, 1.165) is 43.7 Å². The van der Waals surface area contributed by atoms with Crippen molar-refractivity contribution in [3.05, 3.63) is 69.8 Å². The molecule has 26 heavy (non-hydrogen) atoms. The van der Waals surface area contributed by atoms with E-state index in [2.05, 4.69) is 6.92 Å². The third-order valence-corrected chi connectivity index (χ3v) is 5.58. The van der Waals surface area contributed by atoms with Crippen molar-refractivity contribution in [1.82, 2.24) is 0 Å². The SMILES string of the molecule is Cc1c(F)cc(Cc2c(F)cc(CC3CCC(C)CC3)cc2F)cc1F. The molecule has 0 saturated heterocycles. The highest BCUT2D eigenvalue weighted by molar-refractivity contribution is 5.34. The number of benzene rings is 2. The summed E-state index contributed by atoms with van der Waals surface area (Å²) in [6.45, 7) is 3.57. The molecule has 2 aromatic rings. The Balaban J connectivity index is 1.77. The maximum absolute atomic E-state index is 14.5. The molecule has 1 aliphatic rings. The van der Waals surface area contributed by atoms with E-state index in [0.29, 0.717) is 17.9 Å².